The highest BCUT2D eigenvalue weighted by atomic mass is 19.4. The first-order valence-electron chi connectivity index (χ1n) is 7.74. The molecule has 2 atom stereocenters. The van der Waals surface area contributed by atoms with E-state index in [4.69, 9.17) is 4.74 Å². The molecule has 0 aliphatic heterocycles. The average molecular weight is 357 g/mol. The summed E-state index contributed by atoms with van der Waals surface area (Å²) < 4.78 is 42.8. The zero-order valence-corrected chi connectivity index (χ0v) is 14.6. The van der Waals surface area contributed by atoms with Gasteiger partial charge in [0.05, 0.1) is 0 Å². The van der Waals surface area contributed by atoms with Crippen molar-refractivity contribution in [3.8, 4) is 0 Å². The Kier molecular flexibility index (Phi) is 6.78. The van der Waals surface area contributed by atoms with Crippen LogP contribution in [0.2, 0.25) is 0 Å². The molecule has 0 saturated heterocycles. The van der Waals surface area contributed by atoms with E-state index in [0.717, 1.165) is 5.56 Å². The highest BCUT2D eigenvalue weighted by Crippen LogP contribution is 2.19. The van der Waals surface area contributed by atoms with Crippen molar-refractivity contribution in [2.24, 2.45) is 5.92 Å². The molecule has 138 valence electrons. The van der Waals surface area contributed by atoms with Crippen molar-refractivity contribution >= 4 is 18.0 Å². The third-order valence-electron chi connectivity index (χ3n) is 3.12. The van der Waals surface area contributed by atoms with E-state index < -0.39 is 35.6 Å². The van der Waals surface area contributed by atoms with Crippen LogP contribution < -0.4 is 5.32 Å². The Hall–Kier alpha value is -2.31. The smallest absolute Gasteiger partial charge is 0.458 e. The molecule has 0 aromatic heterocycles. The summed E-state index contributed by atoms with van der Waals surface area (Å²) in [6, 6.07) is 7.60. The quantitative estimate of drug-likeness (QED) is 0.817. The van der Waals surface area contributed by atoms with Crippen LogP contribution in [-0.4, -0.2) is 29.7 Å². The summed E-state index contributed by atoms with van der Waals surface area (Å²) >= 11 is 0. The maximum absolute atomic E-state index is 12.5. The van der Waals surface area contributed by atoms with Gasteiger partial charge in [0.15, 0.2) is 0 Å². The van der Waals surface area contributed by atoms with E-state index in [2.05, 4.69) is 0 Å². The van der Waals surface area contributed by atoms with Crippen molar-refractivity contribution in [3.63, 3.8) is 0 Å². The van der Waals surface area contributed by atoms with E-state index in [-0.39, 0.29) is 0 Å². The molecule has 0 fully saturated rings. The summed E-state index contributed by atoms with van der Waals surface area (Å²) in [5.41, 5.74) is -0.0688. The summed E-state index contributed by atoms with van der Waals surface area (Å²) in [4.78, 5) is 23.5. The SMILES string of the molecule is C[C@@H](/C=C\c1ccccc1)[C@H](NC(=O)C(F)(F)F)C(=O)OC(C)(C)C. The molecular weight excluding hydrogens is 335 g/mol. The molecule has 1 aromatic rings. The summed E-state index contributed by atoms with van der Waals surface area (Å²) in [5.74, 6) is -3.81. The second kappa shape index (κ2) is 8.18. The van der Waals surface area contributed by atoms with Gasteiger partial charge in [0, 0.05) is 5.92 Å². The molecule has 25 heavy (non-hydrogen) atoms. The van der Waals surface area contributed by atoms with Gasteiger partial charge in [-0.05, 0) is 26.3 Å². The molecule has 1 rings (SSSR count). The number of halogens is 3. The van der Waals surface area contributed by atoms with Crippen LogP contribution in [0, 0.1) is 5.92 Å². The summed E-state index contributed by atoms with van der Waals surface area (Å²) in [5, 5.41) is 1.73. The van der Waals surface area contributed by atoms with E-state index in [0.29, 0.717) is 0 Å². The lowest BCUT2D eigenvalue weighted by Crippen LogP contribution is -2.51. The summed E-state index contributed by atoms with van der Waals surface area (Å²) in [7, 11) is 0. The van der Waals surface area contributed by atoms with Crippen LogP contribution >= 0.6 is 0 Å². The fourth-order valence-corrected chi connectivity index (χ4v) is 1.93. The van der Waals surface area contributed by atoms with Crippen LogP contribution in [0.3, 0.4) is 0 Å². The Balaban J connectivity index is 2.97. The van der Waals surface area contributed by atoms with Gasteiger partial charge in [-0.3, -0.25) is 4.79 Å². The number of amides is 1. The van der Waals surface area contributed by atoms with Crippen molar-refractivity contribution in [1.82, 2.24) is 5.32 Å². The molecule has 0 heterocycles. The molecule has 0 saturated carbocycles. The van der Waals surface area contributed by atoms with Gasteiger partial charge in [0.1, 0.15) is 11.6 Å². The average Bonchev–Trinajstić information content (AvgIpc) is 2.48. The van der Waals surface area contributed by atoms with Crippen LogP contribution in [-0.2, 0) is 14.3 Å². The molecule has 0 aliphatic rings. The first-order valence-corrected chi connectivity index (χ1v) is 7.74. The number of ether oxygens (including phenoxy) is 1. The fraction of sp³-hybridized carbons (Fsp3) is 0.444. The summed E-state index contributed by atoms with van der Waals surface area (Å²) in [6.45, 7) is 6.32. The predicted octanol–water partition coefficient (Wildman–Crippen LogP) is 3.72. The largest absolute Gasteiger partial charge is 0.471 e. The van der Waals surface area contributed by atoms with Crippen LogP contribution in [0.5, 0.6) is 0 Å². The van der Waals surface area contributed by atoms with Gasteiger partial charge in [0.25, 0.3) is 0 Å². The van der Waals surface area contributed by atoms with E-state index >= 15 is 0 Å². The molecule has 7 heteroatoms. The van der Waals surface area contributed by atoms with Gasteiger partial charge < -0.3 is 10.1 Å². The van der Waals surface area contributed by atoms with Crippen molar-refractivity contribution < 1.29 is 27.5 Å². The lowest BCUT2D eigenvalue weighted by atomic mass is 9.99. The molecule has 1 N–H and O–H groups in total. The van der Waals surface area contributed by atoms with Crippen LogP contribution in [0.4, 0.5) is 13.2 Å². The van der Waals surface area contributed by atoms with E-state index in [1.807, 2.05) is 6.07 Å². The minimum absolute atomic E-state index is 0.707. The first kappa shape index (κ1) is 20.7. The van der Waals surface area contributed by atoms with Crippen LogP contribution in [0.15, 0.2) is 36.4 Å². The van der Waals surface area contributed by atoms with Crippen molar-refractivity contribution in [2.45, 2.75) is 45.5 Å². The van der Waals surface area contributed by atoms with E-state index in [9.17, 15) is 22.8 Å². The number of hydrogen-bond acceptors (Lipinski definition) is 3. The maximum Gasteiger partial charge on any atom is 0.471 e. The normalized spacial score (nSPS) is 14.8. The monoisotopic (exact) mass is 357 g/mol. The topological polar surface area (TPSA) is 55.4 Å². The number of hydrogen-bond donors (Lipinski definition) is 1. The number of carbonyl (C=O) groups excluding carboxylic acids is 2. The minimum atomic E-state index is -5.08. The zero-order valence-electron chi connectivity index (χ0n) is 14.6. The van der Waals surface area contributed by atoms with Crippen molar-refractivity contribution in [2.75, 3.05) is 0 Å². The highest BCUT2D eigenvalue weighted by molar-refractivity contribution is 5.88. The molecular formula is C18H22F3NO3. The van der Waals surface area contributed by atoms with Crippen LogP contribution in [0.1, 0.15) is 33.3 Å². The Morgan fingerprint density at radius 1 is 1.12 bits per heavy atom. The molecule has 0 spiro atoms. The number of alkyl halides is 3. The molecule has 0 bridgehead atoms. The number of esters is 1. The Morgan fingerprint density at radius 3 is 2.16 bits per heavy atom. The van der Waals surface area contributed by atoms with E-state index in [1.165, 1.54) is 6.92 Å². The molecule has 0 unspecified atom stereocenters. The first-order chi connectivity index (χ1) is 11.4. The fourth-order valence-electron chi connectivity index (χ4n) is 1.93. The Labute approximate surface area is 145 Å². The number of benzene rings is 1. The second-order valence-electron chi connectivity index (χ2n) is 6.61. The third kappa shape index (κ3) is 7.41. The molecule has 0 radical (unpaired) electrons. The van der Waals surface area contributed by atoms with Gasteiger partial charge in [0.2, 0.25) is 0 Å². The van der Waals surface area contributed by atoms with Gasteiger partial charge >= 0.3 is 18.1 Å². The molecule has 4 nitrogen and oxygen atoms in total. The minimum Gasteiger partial charge on any atom is -0.458 e. The molecule has 0 aliphatic carbocycles. The zero-order chi connectivity index (χ0) is 19.3. The predicted molar refractivity (Wildman–Crippen MR) is 88.5 cm³/mol. The highest BCUT2D eigenvalue weighted by Gasteiger charge is 2.42. The van der Waals surface area contributed by atoms with Crippen LogP contribution in [0.25, 0.3) is 6.08 Å². The lowest BCUT2D eigenvalue weighted by molar-refractivity contribution is -0.177. The standard InChI is InChI=1S/C18H22F3NO3/c1-12(10-11-13-8-6-5-7-9-13)14(15(23)25-17(2,3)4)22-16(24)18(19,20)21/h5-12,14H,1-4H3,(H,22,24)/b11-10-/t12-,14-/m0/s1. The summed E-state index contributed by atoms with van der Waals surface area (Å²) in [6.07, 6.45) is -1.86. The Morgan fingerprint density at radius 2 is 1.68 bits per heavy atom. The Bertz CT molecular complexity index is 619. The van der Waals surface area contributed by atoms with E-state index in [1.54, 1.807) is 62.5 Å². The van der Waals surface area contributed by atoms with Gasteiger partial charge in [-0.1, -0.05) is 49.4 Å². The lowest BCUT2D eigenvalue weighted by Gasteiger charge is -2.27. The maximum atomic E-state index is 12.5. The second-order valence-corrected chi connectivity index (χ2v) is 6.61. The van der Waals surface area contributed by atoms with Crippen molar-refractivity contribution in [1.29, 1.82) is 0 Å². The third-order valence-corrected chi connectivity index (χ3v) is 3.12. The van der Waals surface area contributed by atoms with Gasteiger partial charge in [-0.25, -0.2) is 4.79 Å². The van der Waals surface area contributed by atoms with Gasteiger partial charge in [-0.15, -0.1) is 0 Å². The molecule has 1 amide bonds. The van der Waals surface area contributed by atoms with Crippen molar-refractivity contribution in [3.05, 3.63) is 42.0 Å². The van der Waals surface area contributed by atoms with Gasteiger partial charge in [-0.2, -0.15) is 13.2 Å². The number of rotatable bonds is 5. The number of nitrogens with one attached hydrogen (secondary N) is 1. The molecule has 1 aromatic carbocycles. The number of carbonyl (C=O) groups is 2.